The summed E-state index contributed by atoms with van der Waals surface area (Å²) in [6.07, 6.45) is 0.442. The second-order valence-corrected chi connectivity index (χ2v) is 7.48. The van der Waals surface area contributed by atoms with Gasteiger partial charge in [0.25, 0.3) is 0 Å². The van der Waals surface area contributed by atoms with E-state index in [1.165, 1.54) is 7.11 Å². The molecule has 2 atom stereocenters. The second-order valence-electron chi connectivity index (χ2n) is 5.25. The predicted molar refractivity (Wildman–Crippen MR) is 73.4 cm³/mol. The third kappa shape index (κ3) is 4.39. The van der Waals surface area contributed by atoms with Crippen molar-refractivity contribution in [1.29, 1.82) is 0 Å². The van der Waals surface area contributed by atoms with Crippen molar-refractivity contribution in [2.45, 2.75) is 18.5 Å². The van der Waals surface area contributed by atoms with Gasteiger partial charge in [-0.25, -0.2) is 8.42 Å². The number of methoxy groups -OCH3 is 1. The number of rotatable bonds is 4. The van der Waals surface area contributed by atoms with Crippen LogP contribution in [0.2, 0.25) is 0 Å². The number of amides is 1. The molecule has 2 aliphatic rings. The molecule has 0 bridgehead atoms. The molecule has 120 valence electrons. The molecule has 2 unspecified atom stereocenters. The molecule has 9 heteroatoms. The first kappa shape index (κ1) is 16.2. The van der Waals surface area contributed by atoms with Crippen LogP contribution in [0.25, 0.3) is 0 Å². The Morgan fingerprint density at radius 1 is 1.43 bits per heavy atom. The Morgan fingerprint density at radius 2 is 2.19 bits per heavy atom. The normalized spacial score (nSPS) is 29.0. The molecule has 0 aromatic heterocycles. The fourth-order valence-electron chi connectivity index (χ4n) is 2.55. The highest BCUT2D eigenvalue weighted by Gasteiger charge is 2.33. The molecule has 8 nitrogen and oxygen atoms in total. The Bertz CT molecular complexity index is 506. The lowest BCUT2D eigenvalue weighted by molar-refractivity contribution is -0.154. The van der Waals surface area contributed by atoms with Crippen LogP contribution < -0.4 is 5.32 Å². The number of carbonyl (C=O) groups is 2. The number of nitrogens with one attached hydrogen (secondary N) is 1. The van der Waals surface area contributed by atoms with Crippen LogP contribution in [0.15, 0.2) is 0 Å². The van der Waals surface area contributed by atoms with E-state index in [1.807, 2.05) is 0 Å². The number of sulfone groups is 1. The Hall–Kier alpha value is -1.19. The molecule has 1 amide bonds. The lowest BCUT2D eigenvalue weighted by atomic mass is 10.2. The van der Waals surface area contributed by atoms with E-state index >= 15 is 0 Å². The number of morpholine rings is 1. The van der Waals surface area contributed by atoms with Crippen molar-refractivity contribution in [2.24, 2.45) is 0 Å². The highest BCUT2D eigenvalue weighted by Crippen LogP contribution is 2.12. The highest BCUT2D eigenvalue weighted by atomic mass is 32.2. The van der Waals surface area contributed by atoms with E-state index in [0.29, 0.717) is 19.6 Å². The summed E-state index contributed by atoms with van der Waals surface area (Å²) in [6, 6.07) is -0.929. The molecule has 2 rings (SSSR count). The van der Waals surface area contributed by atoms with Crippen molar-refractivity contribution >= 4 is 21.7 Å². The van der Waals surface area contributed by atoms with E-state index in [2.05, 4.69) is 5.32 Å². The van der Waals surface area contributed by atoms with E-state index < -0.39 is 21.8 Å². The maximum atomic E-state index is 12.0. The van der Waals surface area contributed by atoms with Gasteiger partial charge in [-0.15, -0.1) is 0 Å². The third-order valence-corrected chi connectivity index (χ3v) is 5.42. The summed E-state index contributed by atoms with van der Waals surface area (Å²) in [5, 5.41) is 2.71. The molecule has 2 saturated heterocycles. The lowest BCUT2D eigenvalue weighted by Crippen LogP contribution is -2.54. The third-order valence-electron chi connectivity index (χ3n) is 3.66. The van der Waals surface area contributed by atoms with Crippen LogP contribution in [-0.4, -0.2) is 82.2 Å². The van der Waals surface area contributed by atoms with Crippen LogP contribution in [0.5, 0.6) is 0 Å². The van der Waals surface area contributed by atoms with Crippen LogP contribution in [-0.2, 0) is 28.9 Å². The maximum absolute atomic E-state index is 12.0. The first-order valence-electron chi connectivity index (χ1n) is 6.80. The van der Waals surface area contributed by atoms with Crippen LogP contribution >= 0.6 is 0 Å². The zero-order valence-corrected chi connectivity index (χ0v) is 12.7. The Kier molecular flexibility index (Phi) is 5.17. The second kappa shape index (κ2) is 6.71. The number of ether oxygens (including phenoxy) is 2. The Morgan fingerprint density at radius 3 is 2.81 bits per heavy atom. The van der Waals surface area contributed by atoms with Crippen molar-refractivity contribution < 1.29 is 27.5 Å². The van der Waals surface area contributed by atoms with E-state index in [-0.39, 0.29) is 36.6 Å². The van der Waals surface area contributed by atoms with Gasteiger partial charge in [-0.1, -0.05) is 0 Å². The molecule has 0 spiro atoms. The smallest absolute Gasteiger partial charge is 0.325 e. The van der Waals surface area contributed by atoms with Gasteiger partial charge < -0.3 is 14.8 Å². The van der Waals surface area contributed by atoms with Crippen molar-refractivity contribution in [1.82, 2.24) is 10.2 Å². The number of esters is 1. The minimum Gasteiger partial charge on any atom is -0.468 e. The van der Waals surface area contributed by atoms with Gasteiger partial charge in [-0.2, -0.15) is 0 Å². The molecular weight excluding hydrogens is 300 g/mol. The summed E-state index contributed by atoms with van der Waals surface area (Å²) in [4.78, 5) is 25.3. The minimum atomic E-state index is -3.02. The fraction of sp³-hybridized carbons (Fsp3) is 0.833. The van der Waals surface area contributed by atoms with Crippen molar-refractivity contribution in [3.63, 3.8) is 0 Å². The molecule has 0 aromatic carbocycles. The largest absolute Gasteiger partial charge is 0.468 e. The first-order valence-corrected chi connectivity index (χ1v) is 8.63. The number of hydrogen-bond acceptors (Lipinski definition) is 7. The lowest BCUT2D eigenvalue weighted by Gasteiger charge is -2.33. The van der Waals surface area contributed by atoms with E-state index in [4.69, 9.17) is 9.47 Å². The van der Waals surface area contributed by atoms with Gasteiger partial charge in [-0.3, -0.25) is 14.5 Å². The van der Waals surface area contributed by atoms with Crippen molar-refractivity contribution in [3.8, 4) is 0 Å². The topological polar surface area (TPSA) is 102 Å². The zero-order valence-electron chi connectivity index (χ0n) is 11.9. The molecule has 1 N–H and O–H groups in total. The molecule has 2 fully saturated rings. The van der Waals surface area contributed by atoms with Crippen LogP contribution in [0.1, 0.15) is 6.42 Å². The molecule has 0 aromatic rings. The summed E-state index contributed by atoms with van der Waals surface area (Å²) in [7, 11) is -1.73. The quantitative estimate of drug-likeness (QED) is 0.608. The summed E-state index contributed by atoms with van der Waals surface area (Å²) >= 11 is 0. The molecule has 21 heavy (non-hydrogen) atoms. The fourth-order valence-corrected chi connectivity index (χ4v) is 4.22. The monoisotopic (exact) mass is 320 g/mol. The van der Waals surface area contributed by atoms with Crippen molar-refractivity contribution in [2.75, 3.05) is 44.9 Å². The van der Waals surface area contributed by atoms with Crippen LogP contribution in [0.4, 0.5) is 0 Å². The Labute approximate surface area is 123 Å². The molecule has 0 aliphatic carbocycles. The summed E-state index contributed by atoms with van der Waals surface area (Å²) in [6.45, 7) is 1.12. The van der Waals surface area contributed by atoms with E-state index in [1.54, 1.807) is 4.90 Å². The minimum absolute atomic E-state index is 0.0116. The number of hydrogen-bond donors (Lipinski definition) is 1. The van der Waals surface area contributed by atoms with E-state index in [0.717, 1.165) is 0 Å². The molecule has 0 saturated carbocycles. The van der Waals surface area contributed by atoms with Gasteiger partial charge in [0, 0.05) is 12.6 Å². The predicted octanol–water partition coefficient (Wildman–Crippen LogP) is -1.84. The van der Waals surface area contributed by atoms with Crippen LogP contribution in [0, 0.1) is 0 Å². The molecule has 2 aliphatic heterocycles. The van der Waals surface area contributed by atoms with Crippen molar-refractivity contribution in [3.05, 3.63) is 0 Å². The van der Waals surface area contributed by atoms with Gasteiger partial charge in [0.2, 0.25) is 5.91 Å². The highest BCUT2D eigenvalue weighted by molar-refractivity contribution is 7.91. The molecule has 2 heterocycles. The maximum Gasteiger partial charge on any atom is 0.325 e. The average molecular weight is 320 g/mol. The zero-order chi connectivity index (χ0) is 15.5. The summed E-state index contributed by atoms with van der Waals surface area (Å²) in [5.74, 6) is -0.624. The first-order chi connectivity index (χ1) is 9.91. The van der Waals surface area contributed by atoms with Gasteiger partial charge in [-0.05, 0) is 6.42 Å². The molecule has 0 radical (unpaired) electrons. The van der Waals surface area contributed by atoms with Gasteiger partial charge in [0.15, 0.2) is 9.84 Å². The summed E-state index contributed by atoms with van der Waals surface area (Å²) < 4.78 is 32.6. The molecular formula is C12H20N2O6S. The SMILES string of the molecule is COC(=O)C1COCCN1CC(=O)NC1CCS(=O)(=O)C1. The summed E-state index contributed by atoms with van der Waals surface area (Å²) in [5.41, 5.74) is 0. The standard InChI is InChI=1S/C12H20N2O6S/c1-19-12(16)10-7-20-4-3-14(10)6-11(15)13-9-2-5-21(17,18)8-9/h9-10H,2-8H2,1H3,(H,13,15). The average Bonchev–Trinajstić information content (AvgIpc) is 2.77. The number of nitrogens with zero attached hydrogens (tertiary/aromatic N) is 1. The van der Waals surface area contributed by atoms with E-state index in [9.17, 15) is 18.0 Å². The van der Waals surface area contributed by atoms with Gasteiger partial charge in [0.05, 0.1) is 38.4 Å². The van der Waals surface area contributed by atoms with Gasteiger partial charge >= 0.3 is 5.97 Å². The van der Waals surface area contributed by atoms with Gasteiger partial charge in [0.1, 0.15) is 6.04 Å². The van der Waals surface area contributed by atoms with Crippen LogP contribution in [0.3, 0.4) is 0 Å². The number of carbonyl (C=O) groups excluding carboxylic acids is 2. The Balaban J connectivity index is 1.87.